The number of fused-ring (bicyclic) bond motifs is 2. The molecule has 0 aliphatic carbocycles. The fourth-order valence-electron chi connectivity index (χ4n) is 2.38. The molecule has 0 amide bonds. The Morgan fingerprint density at radius 2 is 2.21 bits per heavy atom. The van der Waals surface area contributed by atoms with Crippen molar-refractivity contribution in [2.24, 2.45) is 0 Å². The van der Waals surface area contributed by atoms with E-state index in [9.17, 15) is 4.39 Å². The van der Waals surface area contributed by atoms with Gasteiger partial charge < -0.3 is 4.90 Å². The molecule has 0 radical (unpaired) electrons. The SMILES string of the molecule is Fc1ccccc1N1C[C@H]2C[C@@H]1CS2. The molecule has 2 atom stereocenters. The average molecular weight is 209 g/mol. The Kier molecular flexibility index (Phi) is 1.94. The molecule has 0 spiro atoms. The highest BCUT2D eigenvalue weighted by atomic mass is 32.2. The molecule has 2 fully saturated rings. The van der Waals surface area contributed by atoms with Crippen molar-refractivity contribution in [3.8, 4) is 0 Å². The molecule has 0 unspecified atom stereocenters. The zero-order valence-corrected chi connectivity index (χ0v) is 8.64. The number of benzene rings is 1. The van der Waals surface area contributed by atoms with Crippen LogP contribution < -0.4 is 4.90 Å². The third-order valence-corrected chi connectivity index (χ3v) is 4.45. The van der Waals surface area contributed by atoms with Crippen molar-refractivity contribution in [2.45, 2.75) is 17.7 Å². The molecule has 14 heavy (non-hydrogen) atoms. The first-order valence-corrected chi connectivity index (χ1v) is 6.02. The molecule has 3 heteroatoms. The maximum Gasteiger partial charge on any atom is 0.146 e. The summed E-state index contributed by atoms with van der Waals surface area (Å²) in [5, 5.41) is 0.736. The molecule has 0 N–H and O–H groups in total. The van der Waals surface area contributed by atoms with Gasteiger partial charge in [-0.25, -0.2) is 4.39 Å². The molecule has 3 rings (SSSR count). The van der Waals surface area contributed by atoms with Crippen LogP contribution in [0.1, 0.15) is 6.42 Å². The summed E-state index contributed by atoms with van der Waals surface area (Å²) in [6.07, 6.45) is 1.24. The number of anilines is 1. The highest BCUT2D eigenvalue weighted by Crippen LogP contribution is 2.40. The summed E-state index contributed by atoms with van der Waals surface area (Å²) in [6.45, 7) is 1.02. The van der Waals surface area contributed by atoms with E-state index in [1.807, 2.05) is 23.9 Å². The maximum atomic E-state index is 13.5. The fourth-order valence-corrected chi connectivity index (χ4v) is 3.81. The number of hydrogen-bond acceptors (Lipinski definition) is 2. The number of hydrogen-bond donors (Lipinski definition) is 0. The van der Waals surface area contributed by atoms with E-state index >= 15 is 0 Å². The second kappa shape index (κ2) is 3.16. The predicted octanol–water partition coefficient (Wildman–Crippen LogP) is 2.52. The van der Waals surface area contributed by atoms with Gasteiger partial charge in [0.1, 0.15) is 5.82 Å². The lowest BCUT2D eigenvalue weighted by molar-refractivity contribution is 0.615. The van der Waals surface area contributed by atoms with E-state index in [1.54, 1.807) is 12.1 Å². The van der Waals surface area contributed by atoms with Crippen LogP contribution in [0.15, 0.2) is 24.3 Å². The topological polar surface area (TPSA) is 3.24 Å². The highest BCUT2D eigenvalue weighted by molar-refractivity contribution is 8.00. The summed E-state index contributed by atoms with van der Waals surface area (Å²) in [5.74, 6) is 1.09. The van der Waals surface area contributed by atoms with Gasteiger partial charge in [0.25, 0.3) is 0 Å². The molecular formula is C11H12FNS. The third-order valence-electron chi connectivity index (χ3n) is 3.06. The zero-order valence-electron chi connectivity index (χ0n) is 7.82. The van der Waals surface area contributed by atoms with Crippen LogP contribution in [0.4, 0.5) is 10.1 Å². The lowest BCUT2D eigenvalue weighted by Gasteiger charge is -2.28. The molecule has 2 bridgehead atoms. The van der Waals surface area contributed by atoms with Crippen molar-refractivity contribution in [2.75, 3.05) is 17.2 Å². The van der Waals surface area contributed by atoms with Gasteiger partial charge in [0.2, 0.25) is 0 Å². The molecule has 1 aromatic rings. The Balaban J connectivity index is 1.93. The number of nitrogens with zero attached hydrogens (tertiary/aromatic N) is 1. The van der Waals surface area contributed by atoms with Crippen molar-refractivity contribution >= 4 is 17.4 Å². The van der Waals surface area contributed by atoms with E-state index in [-0.39, 0.29) is 5.82 Å². The van der Waals surface area contributed by atoms with Gasteiger partial charge >= 0.3 is 0 Å². The maximum absolute atomic E-state index is 13.5. The van der Waals surface area contributed by atoms with E-state index in [2.05, 4.69) is 4.90 Å². The Bertz CT molecular complexity index is 355. The summed E-state index contributed by atoms with van der Waals surface area (Å²) in [5.41, 5.74) is 0.792. The number of thioether (sulfide) groups is 1. The van der Waals surface area contributed by atoms with Crippen LogP contribution in [-0.4, -0.2) is 23.6 Å². The minimum absolute atomic E-state index is 0.0787. The molecule has 2 aliphatic heterocycles. The molecule has 2 aliphatic rings. The predicted molar refractivity (Wildman–Crippen MR) is 58.4 cm³/mol. The highest BCUT2D eigenvalue weighted by Gasteiger charge is 2.39. The van der Waals surface area contributed by atoms with E-state index in [1.165, 1.54) is 12.2 Å². The number of rotatable bonds is 1. The van der Waals surface area contributed by atoms with Crippen molar-refractivity contribution in [3.05, 3.63) is 30.1 Å². The molecule has 2 saturated heterocycles. The van der Waals surface area contributed by atoms with Gasteiger partial charge in [-0.05, 0) is 18.6 Å². The lowest BCUT2D eigenvalue weighted by Crippen LogP contribution is -2.34. The van der Waals surface area contributed by atoms with Crippen molar-refractivity contribution < 1.29 is 4.39 Å². The van der Waals surface area contributed by atoms with Crippen molar-refractivity contribution in [1.82, 2.24) is 0 Å². The van der Waals surface area contributed by atoms with Gasteiger partial charge in [0.05, 0.1) is 5.69 Å². The molecule has 1 nitrogen and oxygen atoms in total. The molecular weight excluding hydrogens is 197 g/mol. The molecule has 0 aromatic heterocycles. The largest absolute Gasteiger partial charge is 0.364 e. The zero-order chi connectivity index (χ0) is 9.54. The van der Waals surface area contributed by atoms with Gasteiger partial charge in [-0.1, -0.05) is 12.1 Å². The summed E-state index contributed by atoms with van der Waals surface area (Å²) < 4.78 is 13.5. The minimum Gasteiger partial charge on any atom is -0.364 e. The first-order chi connectivity index (χ1) is 6.84. The number of halogens is 1. The van der Waals surface area contributed by atoms with Crippen molar-refractivity contribution in [1.29, 1.82) is 0 Å². The smallest absolute Gasteiger partial charge is 0.146 e. The molecule has 74 valence electrons. The Morgan fingerprint density at radius 1 is 1.36 bits per heavy atom. The van der Waals surface area contributed by atoms with E-state index in [4.69, 9.17) is 0 Å². The average Bonchev–Trinajstić information content (AvgIpc) is 2.79. The van der Waals surface area contributed by atoms with Crippen LogP contribution in [0.3, 0.4) is 0 Å². The number of para-hydroxylation sites is 1. The van der Waals surface area contributed by atoms with Crippen LogP contribution in [0.2, 0.25) is 0 Å². The standard InChI is InChI=1S/C11H12FNS/c12-10-3-1-2-4-11(10)13-6-9-5-8(13)7-14-9/h1-4,8-9H,5-7H2/t8-,9-/m1/s1. The first-order valence-electron chi connectivity index (χ1n) is 4.97. The van der Waals surface area contributed by atoms with Crippen LogP contribution >= 0.6 is 11.8 Å². The third kappa shape index (κ3) is 1.22. The van der Waals surface area contributed by atoms with Crippen molar-refractivity contribution in [3.63, 3.8) is 0 Å². The minimum atomic E-state index is -0.0787. The molecule has 0 saturated carbocycles. The van der Waals surface area contributed by atoms with Crippen LogP contribution in [0.5, 0.6) is 0 Å². The molecule has 1 aromatic carbocycles. The Labute approximate surface area is 87.3 Å². The van der Waals surface area contributed by atoms with Gasteiger partial charge in [-0.3, -0.25) is 0 Å². The lowest BCUT2D eigenvalue weighted by atomic mass is 10.2. The van der Waals surface area contributed by atoms with Crippen LogP contribution in [0.25, 0.3) is 0 Å². The van der Waals surface area contributed by atoms with Gasteiger partial charge in [-0.2, -0.15) is 11.8 Å². The van der Waals surface area contributed by atoms with E-state index in [0.717, 1.165) is 17.5 Å². The summed E-state index contributed by atoms with van der Waals surface area (Å²) in [4.78, 5) is 2.23. The van der Waals surface area contributed by atoms with E-state index < -0.39 is 0 Å². The van der Waals surface area contributed by atoms with Gasteiger partial charge in [0.15, 0.2) is 0 Å². The Morgan fingerprint density at radius 3 is 2.86 bits per heavy atom. The van der Waals surface area contributed by atoms with Crippen LogP contribution in [0, 0.1) is 5.82 Å². The summed E-state index contributed by atoms with van der Waals surface area (Å²) in [6, 6.07) is 7.68. The van der Waals surface area contributed by atoms with E-state index in [0.29, 0.717) is 6.04 Å². The second-order valence-electron chi connectivity index (χ2n) is 3.95. The second-order valence-corrected chi connectivity index (χ2v) is 5.28. The summed E-state index contributed by atoms with van der Waals surface area (Å²) in [7, 11) is 0. The monoisotopic (exact) mass is 209 g/mol. The van der Waals surface area contributed by atoms with Gasteiger partial charge in [-0.15, -0.1) is 0 Å². The molecule has 2 heterocycles. The fraction of sp³-hybridized carbons (Fsp3) is 0.455. The van der Waals surface area contributed by atoms with Gasteiger partial charge in [0, 0.05) is 23.6 Å². The quantitative estimate of drug-likeness (QED) is 0.699. The summed E-state index contributed by atoms with van der Waals surface area (Å²) >= 11 is 2.03. The normalized spacial score (nSPS) is 29.9. The van der Waals surface area contributed by atoms with Crippen LogP contribution in [-0.2, 0) is 0 Å². The Hall–Kier alpha value is -0.700. The first kappa shape index (κ1) is 8.60.